The highest BCUT2D eigenvalue weighted by Crippen LogP contribution is 2.26. The topological polar surface area (TPSA) is 34.5 Å². The molecule has 1 amide bonds. The number of carbonyl (C=O) groups is 1. The van der Waals surface area contributed by atoms with Gasteiger partial charge in [-0.1, -0.05) is 13.0 Å². The molecule has 0 aliphatic heterocycles. The highest BCUT2D eigenvalue weighted by Gasteiger charge is 2.10. The normalized spacial score (nSPS) is 10.7. The van der Waals surface area contributed by atoms with Gasteiger partial charge in [0.2, 0.25) is 5.91 Å². The molecule has 19 heavy (non-hydrogen) atoms. The average Bonchev–Trinajstić information content (AvgIpc) is 2.80. The van der Waals surface area contributed by atoms with E-state index in [1.165, 1.54) is 0 Å². The second-order valence-corrected chi connectivity index (χ2v) is 4.77. The first-order valence-corrected chi connectivity index (χ1v) is 6.54. The number of amides is 1. The fraction of sp³-hybridized carbons (Fsp3) is 0.400. The summed E-state index contributed by atoms with van der Waals surface area (Å²) in [5.41, 5.74) is 1.03. The standard InChI is InChI=1S/C15H20N2O2/c1-4-10-19-14-7-5-6-13-12(14)8-9-17(13)11-15(18)16(2)3/h5-9H,4,10-11H2,1-3H3. The molecule has 0 spiro atoms. The predicted molar refractivity (Wildman–Crippen MR) is 76.4 cm³/mol. The Balaban J connectivity index is 2.30. The summed E-state index contributed by atoms with van der Waals surface area (Å²) in [7, 11) is 3.54. The van der Waals surface area contributed by atoms with Crippen molar-refractivity contribution in [2.75, 3.05) is 20.7 Å². The first-order valence-electron chi connectivity index (χ1n) is 6.54. The molecule has 0 aliphatic rings. The third-order valence-corrected chi connectivity index (χ3v) is 3.04. The molecule has 2 aromatic rings. The number of nitrogens with zero attached hydrogens (tertiary/aromatic N) is 2. The quantitative estimate of drug-likeness (QED) is 0.828. The first kappa shape index (κ1) is 13.5. The minimum absolute atomic E-state index is 0.0809. The smallest absolute Gasteiger partial charge is 0.241 e. The fourth-order valence-electron chi connectivity index (χ4n) is 1.96. The van der Waals surface area contributed by atoms with Crippen LogP contribution in [0.5, 0.6) is 5.75 Å². The van der Waals surface area contributed by atoms with Crippen LogP contribution in [0, 0.1) is 0 Å². The Kier molecular flexibility index (Phi) is 4.10. The van der Waals surface area contributed by atoms with E-state index in [1.54, 1.807) is 19.0 Å². The predicted octanol–water partition coefficient (Wildman–Crippen LogP) is 2.52. The van der Waals surface area contributed by atoms with Crippen LogP contribution in [-0.2, 0) is 11.3 Å². The van der Waals surface area contributed by atoms with Crippen LogP contribution in [0.15, 0.2) is 30.5 Å². The zero-order valence-corrected chi connectivity index (χ0v) is 11.7. The van der Waals surface area contributed by atoms with Crippen molar-refractivity contribution in [1.82, 2.24) is 9.47 Å². The SMILES string of the molecule is CCCOc1cccc2c1ccn2CC(=O)N(C)C. The van der Waals surface area contributed by atoms with Gasteiger partial charge in [-0.3, -0.25) is 4.79 Å². The van der Waals surface area contributed by atoms with Crippen molar-refractivity contribution in [2.45, 2.75) is 19.9 Å². The van der Waals surface area contributed by atoms with Crippen molar-refractivity contribution >= 4 is 16.8 Å². The van der Waals surface area contributed by atoms with Crippen LogP contribution in [0.3, 0.4) is 0 Å². The van der Waals surface area contributed by atoms with E-state index in [4.69, 9.17) is 4.74 Å². The molecule has 0 radical (unpaired) electrons. The molecular weight excluding hydrogens is 240 g/mol. The first-order chi connectivity index (χ1) is 9.13. The van der Waals surface area contributed by atoms with Crippen LogP contribution in [-0.4, -0.2) is 36.1 Å². The number of rotatable bonds is 5. The molecule has 0 atom stereocenters. The van der Waals surface area contributed by atoms with Gasteiger partial charge in [0.15, 0.2) is 0 Å². The third-order valence-electron chi connectivity index (χ3n) is 3.04. The molecule has 0 bridgehead atoms. The summed E-state index contributed by atoms with van der Waals surface area (Å²) in [6, 6.07) is 7.94. The van der Waals surface area contributed by atoms with Gasteiger partial charge >= 0.3 is 0 Å². The van der Waals surface area contributed by atoms with Crippen molar-refractivity contribution in [3.8, 4) is 5.75 Å². The molecule has 1 aromatic heterocycles. The maximum absolute atomic E-state index is 11.8. The zero-order valence-electron chi connectivity index (χ0n) is 11.7. The Morgan fingerprint density at radius 2 is 2.11 bits per heavy atom. The summed E-state index contributed by atoms with van der Waals surface area (Å²) in [5.74, 6) is 0.966. The lowest BCUT2D eigenvalue weighted by molar-refractivity contribution is -0.129. The van der Waals surface area contributed by atoms with Crippen molar-refractivity contribution < 1.29 is 9.53 Å². The minimum atomic E-state index is 0.0809. The molecule has 1 heterocycles. The Labute approximate surface area is 113 Å². The molecule has 0 saturated heterocycles. The van der Waals surface area contributed by atoms with Crippen molar-refractivity contribution in [2.24, 2.45) is 0 Å². The molecule has 1 aromatic carbocycles. The highest BCUT2D eigenvalue weighted by atomic mass is 16.5. The van der Waals surface area contributed by atoms with Crippen LogP contribution < -0.4 is 4.74 Å². The number of hydrogen-bond donors (Lipinski definition) is 0. The lowest BCUT2D eigenvalue weighted by Crippen LogP contribution is -2.25. The summed E-state index contributed by atoms with van der Waals surface area (Å²) in [6.07, 6.45) is 2.92. The van der Waals surface area contributed by atoms with Crippen LogP contribution >= 0.6 is 0 Å². The van der Waals surface area contributed by atoms with Crippen molar-refractivity contribution in [1.29, 1.82) is 0 Å². The lowest BCUT2D eigenvalue weighted by atomic mass is 10.2. The molecule has 4 nitrogen and oxygen atoms in total. The summed E-state index contributed by atoms with van der Waals surface area (Å²) in [4.78, 5) is 13.4. The molecule has 0 unspecified atom stereocenters. The number of likely N-dealkylation sites (N-methyl/N-ethyl adjacent to an activating group) is 1. The van der Waals surface area contributed by atoms with E-state index in [0.717, 1.165) is 23.1 Å². The van der Waals surface area contributed by atoms with E-state index in [2.05, 4.69) is 6.92 Å². The minimum Gasteiger partial charge on any atom is -0.493 e. The monoisotopic (exact) mass is 260 g/mol. The van der Waals surface area contributed by atoms with Crippen molar-refractivity contribution in [3.05, 3.63) is 30.5 Å². The zero-order chi connectivity index (χ0) is 13.8. The van der Waals surface area contributed by atoms with Gasteiger partial charge in [0, 0.05) is 25.7 Å². The van der Waals surface area contributed by atoms with Crippen LogP contribution in [0.25, 0.3) is 10.9 Å². The molecule has 0 fully saturated rings. The van der Waals surface area contributed by atoms with Gasteiger partial charge in [-0.25, -0.2) is 0 Å². The largest absolute Gasteiger partial charge is 0.493 e. The number of ether oxygens (including phenoxy) is 1. The molecule has 102 valence electrons. The molecular formula is C15H20N2O2. The van der Waals surface area contributed by atoms with E-state index in [9.17, 15) is 4.79 Å². The van der Waals surface area contributed by atoms with Crippen LogP contribution in [0.2, 0.25) is 0 Å². The Morgan fingerprint density at radius 3 is 2.79 bits per heavy atom. The van der Waals surface area contributed by atoms with Crippen molar-refractivity contribution in [3.63, 3.8) is 0 Å². The molecule has 2 rings (SSSR count). The summed E-state index contributed by atoms with van der Waals surface area (Å²) >= 11 is 0. The fourth-order valence-corrected chi connectivity index (χ4v) is 1.96. The Hall–Kier alpha value is -1.97. The van der Waals surface area contributed by atoms with Crippen LogP contribution in [0.1, 0.15) is 13.3 Å². The maximum Gasteiger partial charge on any atom is 0.241 e. The van der Waals surface area contributed by atoms with Gasteiger partial charge in [-0.15, -0.1) is 0 Å². The number of benzene rings is 1. The van der Waals surface area contributed by atoms with Crippen LogP contribution in [0.4, 0.5) is 0 Å². The second-order valence-electron chi connectivity index (χ2n) is 4.77. The molecule has 0 saturated carbocycles. The number of hydrogen-bond acceptors (Lipinski definition) is 2. The van der Waals surface area contributed by atoms with Gasteiger partial charge in [-0.05, 0) is 24.6 Å². The van der Waals surface area contributed by atoms with Gasteiger partial charge in [0.1, 0.15) is 12.3 Å². The second kappa shape index (κ2) is 5.78. The number of fused-ring (bicyclic) bond motifs is 1. The van der Waals surface area contributed by atoms with Gasteiger partial charge in [-0.2, -0.15) is 0 Å². The highest BCUT2D eigenvalue weighted by molar-refractivity contribution is 5.88. The third kappa shape index (κ3) is 2.89. The van der Waals surface area contributed by atoms with Gasteiger partial charge in [0.05, 0.1) is 12.1 Å². The average molecular weight is 260 g/mol. The summed E-state index contributed by atoms with van der Waals surface area (Å²) in [5, 5.41) is 1.06. The molecule has 0 aliphatic carbocycles. The Morgan fingerprint density at radius 1 is 1.32 bits per heavy atom. The molecule has 0 N–H and O–H groups in total. The number of carbonyl (C=O) groups excluding carboxylic acids is 1. The van der Waals surface area contributed by atoms with E-state index in [-0.39, 0.29) is 5.91 Å². The lowest BCUT2D eigenvalue weighted by Gasteiger charge is -2.12. The van der Waals surface area contributed by atoms with E-state index >= 15 is 0 Å². The van der Waals surface area contributed by atoms with E-state index in [0.29, 0.717) is 13.2 Å². The maximum atomic E-state index is 11.8. The van der Waals surface area contributed by atoms with E-state index < -0.39 is 0 Å². The number of aromatic nitrogens is 1. The van der Waals surface area contributed by atoms with E-state index in [1.807, 2.05) is 35.0 Å². The summed E-state index contributed by atoms with van der Waals surface area (Å²) in [6.45, 7) is 3.15. The Bertz CT molecular complexity index is 573. The van der Waals surface area contributed by atoms with Gasteiger partial charge < -0.3 is 14.2 Å². The molecule has 4 heteroatoms. The summed E-state index contributed by atoms with van der Waals surface area (Å²) < 4.78 is 7.68. The van der Waals surface area contributed by atoms with Gasteiger partial charge in [0.25, 0.3) is 0 Å².